The van der Waals surface area contributed by atoms with Crippen LogP contribution in [0, 0.1) is 5.92 Å². The molecule has 0 aliphatic heterocycles. The zero-order valence-electron chi connectivity index (χ0n) is 12.9. The van der Waals surface area contributed by atoms with Gasteiger partial charge in [-0.2, -0.15) is 0 Å². The Morgan fingerprint density at radius 2 is 1.76 bits per heavy atom. The fraction of sp³-hybridized carbons (Fsp3) is 0.588. The molecular formula is C17H25NO3. The molecule has 1 aliphatic carbocycles. The molecule has 0 unspecified atom stereocenters. The van der Waals surface area contributed by atoms with Gasteiger partial charge in [0.25, 0.3) is 5.91 Å². The molecular weight excluding hydrogens is 266 g/mol. The molecule has 1 fully saturated rings. The third-order valence-corrected chi connectivity index (χ3v) is 3.96. The van der Waals surface area contributed by atoms with E-state index in [1.807, 2.05) is 31.2 Å². The lowest BCUT2D eigenvalue weighted by molar-refractivity contribution is -0.124. The average molecular weight is 291 g/mol. The average Bonchev–Trinajstić information content (AvgIpc) is 2.49. The van der Waals surface area contributed by atoms with Crippen LogP contribution in [0.4, 0.5) is 0 Å². The highest BCUT2D eigenvalue weighted by Gasteiger charge is 2.22. The number of carbonyl (C=O) groups is 1. The summed E-state index contributed by atoms with van der Waals surface area (Å²) in [6.45, 7) is 4.86. The van der Waals surface area contributed by atoms with Crippen molar-refractivity contribution in [2.24, 2.45) is 5.92 Å². The third kappa shape index (κ3) is 4.96. The number of carbonyl (C=O) groups excluding carboxylic acids is 1. The summed E-state index contributed by atoms with van der Waals surface area (Å²) in [6.07, 6.45) is 4.76. The van der Waals surface area contributed by atoms with Crippen LogP contribution >= 0.6 is 0 Å². The van der Waals surface area contributed by atoms with E-state index < -0.39 is 0 Å². The topological polar surface area (TPSA) is 47.6 Å². The van der Waals surface area contributed by atoms with Gasteiger partial charge in [0.2, 0.25) is 0 Å². The molecule has 116 valence electrons. The molecule has 1 amide bonds. The van der Waals surface area contributed by atoms with E-state index in [4.69, 9.17) is 9.47 Å². The van der Waals surface area contributed by atoms with Gasteiger partial charge in [-0.05, 0) is 49.9 Å². The summed E-state index contributed by atoms with van der Waals surface area (Å²) in [4.78, 5) is 11.9. The van der Waals surface area contributed by atoms with Crippen LogP contribution in [0.3, 0.4) is 0 Å². The lowest BCUT2D eigenvalue weighted by atomic mass is 9.86. The van der Waals surface area contributed by atoms with Crippen LogP contribution in [0.1, 0.15) is 39.5 Å². The highest BCUT2D eigenvalue weighted by atomic mass is 16.5. The SMILES string of the molecule is CCOc1ccc(OCC(=O)N[C@H]2CCCC[C@@H]2C)cc1. The first-order valence-corrected chi connectivity index (χ1v) is 7.84. The van der Waals surface area contributed by atoms with Crippen molar-refractivity contribution in [1.82, 2.24) is 5.32 Å². The molecule has 1 aromatic rings. The highest BCUT2D eigenvalue weighted by molar-refractivity contribution is 5.77. The second-order valence-corrected chi connectivity index (χ2v) is 5.63. The van der Waals surface area contributed by atoms with Crippen LogP contribution in [-0.4, -0.2) is 25.2 Å². The van der Waals surface area contributed by atoms with Crippen molar-refractivity contribution in [3.05, 3.63) is 24.3 Å². The third-order valence-electron chi connectivity index (χ3n) is 3.96. The van der Waals surface area contributed by atoms with Gasteiger partial charge in [0.05, 0.1) is 6.61 Å². The number of ether oxygens (including phenoxy) is 2. The molecule has 21 heavy (non-hydrogen) atoms. The van der Waals surface area contributed by atoms with Crippen LogP contribution in [0.2, 0.25) is 0 Å². The second kappa shape index (κ2) is 7.91. The molecule has 2 rings (SSSR count). The van der Waals surface area contributed by atoms with Crippen molar-refractivity contribution in [2.75, 3.05) is 13.2 Å². The van der Waals surface area contributed by atoms with E-state index in [9.17, 15) is 4.79 Å². The van der Waals surface area contributed by atoms with Crippen molar-refractivity contribution in [3.8, 4) is 11.5 Å². The number of hydrogen-bond acceptors (Lipinski definition) is 3. The van der Waals surface area contributed by atoms with Crippen LogP contribution in [0.25, 0.3) is 0 Å². The first-order chi connectivity index (χ1) is 10.2. The Morgan fingerprint density at radius 1 is 1.14 bits per heavy atom. The Labute approximate surface area is 126 Å². The standard InChI is InChI=1S/C17H25NO3/c1-3-20-14-8-10-15(11-9-14)21-12-17(19)18-16-7-5-4-6-13(16)2/h8-11,13,16H,3-7,12H2,1-2H3,(H,18,19)/t13-,16-/m0/s1. The van der Waals surface area contributed by atoms with E-state index in [0.29, 0.717) is 24.3 Å². The summed E-state index contributed by atoms with van der Waals surface area (Å²) in [5.74, 6) is 2.02. The summed E-state index contributed by atoms with van der Waals surface area (Å²) in [5.41, 5.74) is 0. The molecule has 0 saturated heterocycles. The zero-order valence-corrected chi connectivity index (χ0v) is 12.9. The van der Waals surface area contributed by atoms with Gasteiger partial charge in [-0.3, -0.25) is 4.79 Å². The fourth-order valence-corrected chi connectivity index (χ4v) is 2.73. The predicted octanol–water partition coefficient (Wildman–Crippen LogP) is 3.16. The monoisotopic (exact) mass is 291 g/mol. The van der Waals surface area contributed by atoms with Gasteiger partial charge in [0.1, 0.15) is 11.5 Å². The minimum absolute atomic E-state index is 0.0392. The number of benzene rings is 1. The Bertz CT molecular complexity index is 444. The van der Waals surface area contributed by atoms with Gasteiger partial charge in [0.15, 0.2) is 6.61 Å². The number of rotatable bonds is 6. The first kappa shape index (κ1) is 15.7. The normalized spacial score (nSPS) is 21.6. The summed E-state index contributed by atoms with van der Waals surface area (Å²) < 4.78 is 10.9. The van der Waals surface area contributed by atoms with Crippen LogP contribution in [-0.2, 0) is 4.79 Å². The maximum Gasteiger partial charge on any atom is 0.258 e. The molecule has 0 radical (unpaired) electrons. The lowest BCUT2D eigenvalue weighted by Gasteiger charge is -2.29. The largest absolute Gasteiger partial charge is 0.494 e. The van der Waals surface area contributed by atoms with Gasteiger partial charge in [0, 0.05) is 6.04 Å². The summed E-state index contributed by atoms with van der Waals surface area (Å²) in [6, 6.07) is 7.64. The molecule has 1 aliphatic rings. The van der Waals surface area contributed by atoms with Gasteiger partial charge < -0.3 is 14.8 Å². The quantitative estimate of drug-likeness (QED) is 0.876. The van der Waals surface area contributed by atoms with E-state index in [0.717, 1.165) is 12.2 Å². The van der Waals surface area contributed by atoms with Gasteiger partial charge in [-0.15, -0.1) is 0 Å². The Balaban J connectivity index is 1.75. The molecule has 0 spiro atoms. The molecule has 2 atom stereocenters. The smallest absolute Gasteiger partial charge is 0.258 e. The minimum atomic E-state index is -0.0392. The van der Waals surface area contributed by atoms with Crippen LogP contribution in [0.5, 0.6) is 11.5 Å². The molecule has 0 bridgehead atoms. The van der Waals surface area contributed by atoms with Crippen molar-refractivity contribution < 1.29 is 14.3 Å². The Hall–Kier alpha value is -1.71. The van der Waals surface area contributed by atoms with E-state index in [-0.39, 0.29) is 12.5 Å². The first-order valence-electron chi connectivity index (χ1n) is 7.84. The fourth-order valence-electron chi connectivity index (χ4n) is 2.73. The van der Waals surface area contributed by atoms with E-state index in [2.05, 4.69) is 12.2 Å². The van der Waals surface area contributed by atoms with Crippen LogP contribution in [0.15, 0.2) is 24.3 Å². The highest BCUT2D eigenvalue weighted by Crippen LogP contribution is 2.23. The molecule has 0 heterocycles. The molecule has 1 N–H and O–H groups in total. The van der Waals surface area contributed by atoms with Crippen molar-refractivity contribution in [2.45, 2.75) is 45.6 Å². The second-order valence-electron chi connectivity index (χ2n) is 5.63. The maximum atomic E-state index is 11.9. The Morgan fingerprint density at radius 3 is 2.38 bits per heavy atom. The van der Waals surface area contributed by atoms with Crippen LogP contribution < -0.4 is 14.8 Å². The number of hydrogen-bond donors (Lipinski definition) is 1. The van der Waals surface area contributed by atoms with Crippen molar-refractivity contribution >= 4 is 5.91 Å². The van der Waals surface area contributed by atoms with E-state index in [1.165, 1.54) is 19.3 Å². The maximum absolute atomic E-state index is 11.9. The van der Waals surface area contributed by atoms with Gasteiger partial charge >= 0.3 is 0 Å². The molecule has 4 heteroatoms. The molecule has 0 aromatic heterocycles. The number of nitrogens with one attached hydrogen (secondary N) is 1. The number of amides is 1. The van der Waals surface area contributed by atoms with Crippen molar-refractivity contribution in [1.29, 1.82) is 0 Å². The van der Waals surface area contributed by atoms with E-state index in [1.54, 1.807) is 0 Å². The zero-order chi connectivity index (χ0) is 15.1. The van der Waals surface area contributed by atoms with Gasteiger partial charge in [-0.25, -0.2) is 0 Å². The lowest BCUT2D eigenvalue weighted by Crippen LogP contribution is -2.43. The molecule has 1 aromatic carbocycles. The van der Waals surface area contributed by atoms with E-state index >= 15 is 0 Å². The summed E-state index contributed by atoms with van der Waals surface area (Å²) >= 11 is 0. The summed E-state index contributed by atoms with van der Waals surface area (Å²) in [5, 5.41) is 3.08. The van der Waals surface area contributed by atoms with Gasteiger partial charge in [-0.1, -0.05) is 19.8 Å². The summed E-state index contributed by atoms with van der Waals surface area (Å²) in [7, 11) is 0. The van der Waals surface area contributed by atoms with Crippen molar-refractivity contribution in [3.63, 3.8) is 0 Å². The molecule has 1 saturated carbocycles. The molecule has 4 nitrogen and oxygen atoms in total. The predicted molar refractivity (Wildman–Crippen MR) is 82.7 cm³/mol. The Kier molecular flexibility index (Phi) is 5.90. The minimum Gasteiger partial charge on any atom is -0.494 e.